The van der Waals surface area contributed by atoms with Crippen LogP contribution >= 0.6 is 24.0 Å². The van der Waals surface area contributed by atoms with E-state index in [2.05, 4.69) is 41.0 Å². The third-order valence-electron chi connectivity index (χ3n) is 3.48. The molecule has 4 nitrogen and oxygen atoms in total. The van der Waals surface area contributed by atoms with Crippen LogP contribution in [-0.2, 0) is 0 Å². The predicted molar refractivity (Wildman–Crippen MR) is 89.9 cm³/mol. The Morgan fingerprint density at radius 2 is 2.22 bits per heavy atom. The monoisotopic (exact) mass is 368 g/mol. The molecule has 1 heterocycles. The maximum Gasteiger partial charge on any atom is 0.193 e. The van der Waals surface area contributed by atoms with Gasteiger partial charge >= 0.3 is 0 Å². The summed E-state index contributed by atoms with van der Waals surface area (Å²) in [4.78, 5) is 9.08. The summed E-state index contributed by atoms with van der Waals surface area (Å²) in [5.41, 5.74) is 0. The van der Waals surface area contributed by atoms with Crippen LogP contribution in [0.15, 0.2) is 4.99 Å². The van der Waals surface area contributed by atoms with Crippen molar-refractivity contribution in [3.63, 3.8) is 0 Å². The fourth-order valence-corrected chi connectivity index (χ4v) is 2.23. The number of aliphatic imine (C=N–C) groups is 1. The summed E-state index contributed by atoms with van der Waals surface area (Å²) in [5, 5.41) is 3.46. The third-order valence-corrected chi connectivity index (χ3v) is 3.48. The number of guanidine groups is 1. The first-order chi connectivity index (χ1) is 8.17. The zero-order chi connectivity index (χ0) is 12.7. The maximum absolute atomic E-state index is 4.38. The van der Waals surface area contributed by atoms with Gasteiger partial charge < -0.3 is 15.1 Å². The summed E-state index contributed by atoms with van der Waals surface area (Å²) in [6.45, 7) is 9.93. The predicted octanol–water partition coefficient (Wildman–Crippen LogP) is 1.86. The van der Waals surface area contributed by atoms with Gasteiger partial charge in [0.05, 0.1) is 0 Å². The van der Waals surface area contributed by atoms with Crippen molar-refractivity contribution in [3.8, 4) is 0 Å². The van der Waals surface area contributed by atoms with E-state index >= 15 is 0 Å². The lowest BCUT2D eigenvalue weighted by Gasteiger charge is -2.33. The highest BCUT2D eigenvalue weighted by molar-refractivity contribution is 14.0. The maximum atomic E-state index is 4.38. The molecule has 18 heavy (non-hydrogen) atoms. The summed E-state index contributed by atoms with van der Waals surface area (Å²) < 4.78 is 0. The number of nitrogens with one attached hydrogen (secondary N) is 1. The minimum Gasteiger partial charge on any atom is -0.355 e. The standard InChI is InChI=1S/C13H28N4.HI/c1-5-16(4)10-8-15-13(14-3)17-9-6-7-12(2)11-17;/h12H,5-11H2,1-4H3,(H,14,15);1H. The molecule has 0 aliphatic carbocycles. The lowest BCUT2D eigenvalue weighted by molar-refractivity contribution is 0.264. The van der Waals surface area contributed by atoms with Crippen LogP contribution in [0.5, 0.6) is 0 Å². The van der Waals surface area contributed by atoms with Crippen LogP contribution in [0.3, 0.4) is 0 Å². The molecule has 0 aromatic heterocycles. The van der Waals surface area contributed by atoms with Crippen LogP contribution in [0.2, 0.25) is 0 Å². The molecule has 1 N–H and O–H groups in total. The Labute approximate surface area is 129 Å². The van der Waals surface area contributed by atoms with Gasteiger partial charge in [-0.15, -0.1) is 24.0 Å². The average Bonchev–Trinajstić information content (AvgIpc) is 2.34. The van der Waals surface area contributed by atoms with Crippen molar-refractivity contribution in [2.24, 2.45) is 10.9 Å². The van der Waals surface area contributed by atoms with E-state index in [1.165, 1.54) is 12.8 Å². The zero-order valence-corrected chi connectivity index (χ0v) is 14.6. The molecule has 0 spiro atoms. The van der Waals surface area contributed by atoms with Crippen molar-refractivity contribution >= 4 is 29.9 Å². The molecule has 0 aromatic carbocycles. The number of halogens is 1. The molecule has 1 atom stereocenters. The van der Waals surface area contributed by atoms with E-state index in [1.807, 2.05) is 7.05 Å². The van der Waals surface area contributed by atoms with Crippen molar-refractivity contribution < 1.29 is 0 Å². The number of hydrogen-bond acceptors (Lipinski definition) is 2. The molecule has 1 aliphatic rings. The fraction of sp³-hybridized carbons (Fsp3) is 0.923. The molecule has 0 aromatic rings. The molecule has 1 unspecified atom stereocenters. The van der Waals surface area contributed by atoms with Gasteiger partial charge in [0.25, 0.3) is 0 Å². The topological polar surface area (TPSA) is 30.9 Å². The van der Waals surface area contributed by atoms with Gasteiger partial charge in [0, 0.05) is 33.2 Å². The van der Waals surface area contributed by atoms with Crippen molar-refractivity contribution in [1.29, 1.82) is 0 Å². The molecule has 0 bridgehead atoms. The molecule has 0 radical (unpaired) electrons. The van der Waals surface area contributed by atoms with E-state index in [0.717, 1.165) is 44.6 Å². The third kappa shape index (κ3) is 6.22. The zero-order valence-electron chi connectivity index (χ0n) is 12.3. The van der Waals surface area contributed by atoms with Gasteiger partial charge in [0.2, 0.25) is 0 Å². The molecule has 0 saturated carbocycles. The lowest BCUT2D eigenvalue weighted by atomic mass is 10.0. The molecule has 108 valence electrons. The number of likely N-dealkylation sites (tertiary alicyclic amines) is 1. The summed E-state index contributed by atoms with van der Waals surface area (Å²) in [6.07, 6.45) is 2.64. The second kappa shape index (κ2) is 9.83. The highest BCUT2D eigenvalue weighted by atomic mass is 127. The SMILES string of the molecule is CCN(C)CCNC(=NC)N1CCCC(C)C1.I. The highest BCUT2D eigenvalue weighted by Crippen LogP contribution is 2.15. The Balaban J connectivity index is 0.00000289. The first kappa shape index (κ1) is 18.0. The van der Waals surface area contributed by atoms with Gasteiger partial charge in [-0.1, -0.05) is 13.8 Å². The molecule has 1 saturated heterocycles. The van der Waals surface area contributed by atoms with Crippen LogP contribution < -0.4 is 5.32 Å². The average molecular weight is 368 g/mol. The number of rotatable bonds is 4. The summed E-state index contributed by atoms with van der Waals surface area (Å²) in [6, 6.07) is 0. The molecular weight excluding hydrogens is 339 g/mol. The molecule has 1 rings (SSSR count). The van der Waals surface area contributed by atoms with Crippen molar-refractivity contribution in [2.75, 3.05) is 46.8 Å². The van der Waals surface area contributed by atoms with Gasteiger partial charge in [0.15, 0.2) is 5.96 Å². The van der Waals surface area contributed by atoms with E-state index in [9.17, 15) is 0 Å². The molecular formula is C13H29IN4. The van der Waals surface area contributed by atoms with Crippen LogP contribution in [0.1, 0.15) is 26.7 Å². The van der Waals surface area contributed by atoms with E-state index in [4.69, 9.17) is 0 Å². The summed E-state index contributed by atoms with van der Waals surface area (Å²) in [7, 11) is 4.03. The second-order valence-electron chi connectivity index (χ2n) is 5.06. The van der Waals surface area contributed by atoms with Crippen molar-refractivity contribution in [3.05, 3.63) is 0 Å². The van der Waals surface area contributed by atoms with Crippen LogP contribution in [0.4, 0.5) is 0 Å². The van der Waals surface area contributed by atoms with Gasteiger partial charge in [-0.2, -0.15) is 0 Å². The van der Waals surface area contributed by atoms with Crippen LogP contribution in [0.25, 0.3) is 0 Å². The Morgan fingerprint density at radius 3 is 2.78 bits per heavy atom. The van der Waals surface area contributed by atoms with E-state index in [1.54, 1.807) is 0 Å². The van der Waals surface area contributed by atoms with Crippen molar-refractivity contribution in [2.45, 2.75) is 26.7 Å². The number of likely N-dealkylation sites (N-methyl/N-ethyl adjacent to an activating group) is 1. The van der Waals surface area contributed by atoms with E-state index in [-0.39, 0.29) is 24.0 Å². The fourth-order valence-electron chi connectivity index (χ4n) is 2.23. The van der Waals surface area contributed by atoms with Crippen LogP contribution in [0, 0.1) is 5.92 Å². The molecule has 1 fully saturated rings. The number of hydrogen-bond donors (Lipinski definition) is 1. The molecule has 0 amide bonds. The Hall–Kier alpha value is -0.0400. The van der Waals surface area contributed by atoms with Gasteiger partial charge in [-0.05, 0) is 32.4 Å². The highest BCUT2D eigenvalue weighted by Gasteiger charge is 2.18. The lowest BCUT2D eigenvalue weighted by Crippen LogP contribution is -2.47. The largest absolute Gasteiger partial charge is 0.355 e. The van der Waals surface area contributed by atoms with Gasteiger partial charge in [-0.25, -0.2) is 0 Å². The number of piperidine rings is 1. The summed E-state index contributed by atoms with van der Waals surface area (Å²) >= 11 is 0. The Bertz CT molecular complexity index is 245. The minimum absolute atomic E-state index is 0. The Morgan fingerprint density at radius 1 is 1.50 bits per heavy atom. The molecule has 1 aliphatic heterocycles. The van der Waals surface area contributed by atoms with E-state index < -0.39 is 0 Å². The van der Waals surface area contributed by atoms with Crippen LogP contribution in [-0.4, -0.2) is 62.6 Å². The quantitative estimate of drug-likeness (QED) is 0.467. The normalized spacial score (nSPS) is 20.8. The smallest absolute Gasteiger partial charge is 0.193 e. The van der Waals surface area contributed by atoms with Crippen molar-refractivity contribution in [1.82, 2.24) is 15.1 Å². The summed E-state index contributed by atoms with van der Waals surface area (Å²) in [5.74, 6) is 1.86. The molecule has 5 heteroatoms. The van der Waals surface area contributed by atoms with Gasteiger partial charge in [0.1, 0.15) is 0 Å². The van der Waals surface area contributed by atoms with E-state index in [0.29, 0.717) is 0 Å². The number of nitrogens with zero attached hydrogens (tertiary/aromatic N) is 3. The first-order valence-corrected chi connectivity index (χ1v) is 6.81. The first-order valence-electron chi connectivity index (χ1n) is 6.81. The Kier molecular flexibility index (Phi) is 9.81. The minimum atomic E-state index is 0. The van der Waals surface area contributed by atoms with Gasteiger partial charge in [-0.3, -0.25) is 4.99 Å². The second-order valence-corrected chi connectivity index (χ2v) is 5.06.